The van der Waals surface area contributed by atoms with Gasteiger partial charge in [0.15, 0.2) is 0 Å². The highest BCUT2D eigenvalue weighted by atomic mass is 16.6. The van der Waals surface area contributed by atoms with E-state index in [0.29, 0.717) is 13.0 Å². The van der Waals surface area contributed by atoms with Crippen molar-refractivity contribution in [3.63, 3.8) is 0 Å². The molecule has 1 aliphatic carbocycles. The zero-order valence-electron chi connectivity index (χ0n) is 15.9. The Hall–Kier alpha value is -2.90. The molecule has 0 radical (unpaired) electrons. The first-order valence-corrected chi connectivity index (χ1v) is 9.25. The van der Waals surface area contributed by atoms with Crippen molar-refractivity contribution in [1.29, 1.82) is 0 Å². The van der Waals surface area contributed by atoms with Gasteiger partial charge in [0.25, 0.3) is 0 Å². The molecule has 7 nitrogen and oxygen atoms in total. The minimum atomic E-state index is -1.82. The van der Waals surface area contributed by atoms with Crippen LogP contribution in [-0.4, -0.2) is 41.0 Å². The molecule has 3 rings (SSSR count). The van der Waals surface area contributed by atoms with Crippen LogP contribution < -0.4 is 11.2 Å². The topological polar surface area (TPSA) is 105 Å². The standard InChI is InChI=1S/C21H25N3O4/c1-3-8-15-14(4-2)16-9-5-6-10-17(16)18(15)13-28-20(27)24-21(22,19(25)26)11-7-12-23-24/h3-6,8-10,18,23H,2,7,11-13,22H2,1H3,(H,25,26)/b8-3-. The minimum absolute atomic E-state index is 0.0702. The molecule has 1 amide bonds. The van der Waals surface area contributed by atoms with Crippen molar-refractivity contribution in [2.24, 2.45) is 5.73 Å². The van der Waals surface area contributed by atoms with Gasteiger partial charge in [-0.15, -0.1) is 0 Å². The van der Waals surface area contributed by atoms with Gasteiger partial charge < -0.3 is 9.84 Å². The van der Waals surface area contributed by atoms with Crippen LogP contribution in [-0.2, 0) is 9.53 Å². The Balaban J connectivity index is 1.83. The van der Waals surface area contributed by atoms with E-state index in [1.54, 1.807) is 6.08 Å². The molecular weight excluding hydrogens is 358 g/mol. The Morgan fingerprint density at radius 2 is 2.21 bits per heavy atom. The zero-order valence-corrected chi connectivity index (χ0v) is 15.9. The van der Waals surface area contributed by atoms with Crippen LogP contribution in [0.5, 0.6) is 0 Å². The highest BCUT2D eigenvalue weighted by Crippen LogP contribution is 2.43. The van der Waals surface area contributed by atoms with Crippen LogP contribution in [0.15, 0.2) is 54.6 Å². The number of aliphatic carboxylic acids is 1. The van der Waals surface area contributed by atoms with Crippen molar-refractivity contribution in [1.82, 2.24) is 10.4 Å². The van der Waals surface area contributed by atoms with Crippen molar-refractivity contribution in [2.45, 2.75) is 31.3 Å². The molecule has 0 aromatic heterocycles. The average Bonchev–Trinajstić information content (AvgIpc) is 2.99. The lowest BCUT2D eigenvalue weighted by molar-refractivity contribution is -0.155. The first-order valence-electron chi connectivity index (χ1n) is 9.25. The predicted molar refractivity (Wildman–Crippen MR) is 106 cm³/mol. The van der Waals surface area contributed by atoms with Gasteiger partial charge in [0.05, 0.1) is 0 Å². The number of hydrogen-bond donors (Lipinski definition) is 3. The summed E-state index contributed by atoms with van der Waals surface area (Å²) in [4.78, 5) is 24.2. The second kappa shape index (κ2) is 8.00. The third-order valence-electron chi connectivity index (χ3n) is 5.19. The summed E-state index contributed by atoms with van der Waals surface area (Å²) in [5.74, 6) is -1.43. The molecule has 148 valence electrons. The molecule has 1 saturated heterocycles. The maximum Gasteiger partial charge on any atom is 0.426 e. The molecule has 1 heterocycles. The van der Waals surface area contributed by atoms with Crippen LogP contribution in [0.1, 0.15) is 36.8 Å². The molecule has 0 saturated carbocycles. The Morgan fingerprint density at radius 3 is 2.89 bits per heavy atom. The fourth-order valence-corrected chi connectivity index (χ4v) is 3.80. The van der Waals surface area contributed by atoms with E-state index < -0.39 is 17.7 Å². The van der Waals surface area contributed by atoms with Gasteiger partial charge in [0.1, 0.15) is 6.61 Å². The molecule has 1 aromatic carbocycles. The summed E-state index contributed by atoms with van der Waals surface area (Å²) in [5.41, 5.74) is 11.0. The molecule has 0 bridgehead atoms. The first-order chi connectivity index (χ1) is 13.4. The number of nitrogens with two attached hydrogens (primary N) is 1. The summed E-state index contributed by atoms with van der Waals surface area (Å²) in [7, 11) is 0. The molecular formula is C21H25N3O4. The van der Waals surface area contributed by atoms with Gasteiger partial charge in [0, 0.05) is 12.5 Å². The third kappa shape index (κ3) is 3.34. The van der Waals surface area contributed by atoms with Crippen LogP contribution in [0.25, 0.3) is 5.57 Å². The maximum absolute atomic E-state index is 12.6. The number of rotatable bonds is 5. The van der Waals surface area contributed by atoms with Crippen molar-refractivity contribution in [3.05, 3.63) is 65.8 Å². The summed E-state index contributed by atoms with van der Waals surface area (Å²) in [6.45, 7) is 6.37. The molecule has 1 fully saturated rings. The number of benzene rings is 1. The quantitative estimate of drug-likeness (QED) is 0.722. The summed E-state index contributed by atoms with van der Waals surface area (Å²) in [6.07, 6.45) is 5.63. The lowest BCUT2D eigenvalue weighted by atomic mass is 9.96. The summed E-state index contributed by atoms with van der Waals surface area (Å²) < 4.78 is 5.52. The van der Waals surface area contributed by atoms with E-state index in [2.05, 4.69) is 12.0 Å². The molecule has 2 aliphatic rings. The maximum atomic E-state index is 12.6. The number of hydrazine groups is 1. The molecule has 28 heavy (non-hydrogen) atoms. The number of nitrogens with zero attached hydrogens (tertiary/aromatic N) is 1. The largest absolute Gasteiger partial charge is 0.478 e. The molecule has 7 heteroatoms. The van der Waals surface area contributed by atoms with E-state index >= 15 is 0 Å². The van der Waals surface area contributed by atoms with E-state index in [0.717, 1.165) is 27.3 Å². The van der Waals surface area contributed by atoms with Gasteiger partial charge in [-0.05, 0) is 42.0 Å². The molecule has 1 aliphatic heterocycles. The zero-order chi connectivity index (χ0) is 20.3. The lowest BCUT2D eigenvalue weighted by Crippen LogP contribution is -2.70. The van der Waals surface area contributed by atoms with Crippen LogP contribution in [0, 0.1) is 0 Å². The molecule has 4 N–H and O–H groups in total. The van der Waals surface area contributed by atoms with Crippen LogP contribution >= 0.6 is 0 Å². The van der Waals surface area contributed by atoms with E-state index in [-0.39, 0.29) is 18.9 Å². The highest BCUT2D eigenvalue weighted by Gasteiger charge is 2.46. The average molecular weight is 383 g/mol. The second-order valence-electron chi connectivity index (χ2n) is 6.87. The molecule has 2 atom stereocenters. The van der Waals surface area contributed by atoms with E-state index in [4.69, 9.17) is 10.5 Å². The number of allylic oxidation sites excluding steroid dienone is 4. The van der Waals surface area contributed by atoms with Gasteiger partial charge in [-0.2, -0.15) is 0 Å². The number of amides is 1. The van der Waals surface area contributed by atoms with Gasteiger partial charge in [-0.3, -0.25) is 5.73 Å². The fraction of sp³-hybridized carbons (Fsp3) is 0.333. The Kier molecular flexibility index (Phi) is 5.67. The predicted octanol–water partition coefficient (Wildman–Crippen LogP) is 2.78. The Bertz CT molecular complexity index is 861. The summed E-state index contributed by atoms with van der Waals surface area (Å²) in [5, 5.41) is 10.4. The van der Waals surface area contributed by atoms with Gasteiger partial charge in [-0.1, -0.05) is 49.1 Å². The van der Waals surface area contributed by atoms with Crippen LogP contribution in [0.4, 0.5) is 4.79 Å². The lowest BCUT2D eigenvalue weighted by Gasteiger charge is -2.40. The number of carboxylic acid groups (broad SMARTS) is 1. The Morgan fingerprint density at radius 1 is 1.46 bits per heavy atom. The number of hydrogen-bond acceptors (Lipinski definition) is 5. The molecule has 2 unspecified atom stereocenters. The number of fused-ring (bicyclic) bond motifs is 1. The van der Waals surface area contributed by atoms with Crippen molar-refractivity contribution < 1.29 is 19.4 Å². The van der Waals surface area contributed by atoms with Crippen LogP contribution in [0.3, 0.4) is 0 Å². The summed E-state index contributed by atoms with van der Waals surface area (Å²) in [6, 6.07) is 7.91. The van der Waals surface area contributed by atoms with Crippen molar-refractivity contribution >= 4 is 17.6 Å². The number of carboxylic acids is 1. The van der Waals surface area contributed by atoms with E-state index in [1.165, 1.54) is 0 Å². The smallest absolute Gasteiger partial charge is 0.426 e. The number of carbonyl (C=O) groups excluding carboxylic acids is 1. The van der Waals surface area contributed by atoms with Crippen molar-refractivity contribution in [2.75, 3.05) is 13.2 Å². The second-order valence-corrected chi connectivity index (χ2v) is 6.87. The van der Waals surface area contributed by atoms with E-state index in [1.807, 2.05) is 43.3 Å². The van der Waals surface area contributed by atoms with Gasteiger partial charge >= 0.3 is 12.1 Å². The number of nitrogens with one attached hydrogen (secondary N) is 1. The van der Waals surface area contributed by atoms with E-state index in [9.17, 15) is 14.7 Å². The first kappa shape index (κ1) is 19.9. The molecule has 1 aromatic rings. The normalized spacial score (nSPS) is 24.4. The third-order valence-corrected chi connectivity index (χ3v) is 5.19. The summed E-state index contributed by atoms with van der Waals surface area (Å²) >= 11 is 0. The van der Waals surface area contributed by atoms with Gasteiger partial charge in [0.2, 0.25) is 5.66 Å². The van der Waals surface area contributed by atoms with Gasteiger partial charge in [-0.25, -0.2) is 20.0 Å². The van der Waals surface area contributed by atoms with Crippen LogP contribution in [0.2, 0.25) is 0 Å². The fourth-order valence-electron chi connectivity index (χ4n) is 3.80. The minimum Gasteiger partial charge on any atom is -0.478 e. The molecule has 0 spiro atoms. The monoisotopic (exact) mass is 383 g/mol. The highest BCUT2D eigenvalue weighted by molar-refractivity contribution is 5.86. The number of ether oxygens (including phenoxy) is 1. The SMILES string of the molecule is C=CC1=C(/C=C\C)C(COC(=O)N2NCCCC2(N)C(=O)O)c2ccccc21. The van der Waals surface area contributed by atoms with Crippen molar-refractivity contribution in [3.8, 4) is 0 Å². The number of carbonyl (C=O) groups is 2. The Labute approximate surface area is 164 Å².